The van der Waals surface area contributed by atoms with Crippen LogP contribution >= 0.6 is 0 Å². The van der Waals surface area contributed by atoms with Gasteiger partial charge in [-0.1, -0.05) is 0 Å². The second-order valence-corrected chi connectivity index (χ2v) is 2.91. The van der Waals surface area contributed by atoms with Gasteiger partial charge in [-0.25, -0.2) is 0 Å². The highest BCUT2D eigenvalue weighted by atomic mass is 16.4. The number of nitrogen functional groups attached to an aromatic ring is 1. The molecule has 0 aromatic carbocycles. The van der Waals surface area contributed by atoms with Crippen LogP contribution in [0.4, 0.5) is 5.69 Å². The van der Waals surface area contributed by atoms with E-state index in [9.17, 15) is 0 Å². The first-order valence-electron chi connectivity index (χ1n) is 4.33. The minimum atomic E-state index is 0.407. The van der Waals surface area contributed by atoms with Crippen molar-refractivity contribution in [2.45, 2.75) is 20.4 Å². The van der Waals surface area contributed by atoms with Crippen LogP contribution in [-0.2, 0) is 6.54 Å². The highest BCUT2D eigenvalue weighted by molar-refractivity contribution is 5.68. The molecule has 2 heterocycles. The van der Waals surface area contributed by atoms with Crippen LogP contribution in [0.25, 0.3) is 11.6 Å². The summed E-state index contributed by atoms with van der Waals surface area (Å²) in [6.07, 6.45) is 1.27. The van der Waals surface area contributed by atoms with Crippen LogP contribution in [0.2, 0.25) is 0 Å². The van der Waals surface area contributed by atoms with Crippen LogP contribution in [0.5, 0.6) is 0 Å². The molecule has 0 aliphatic rings. The van der Waals surface area contributed by atoms with E-state index in [1.54, 1.807) is 4.68 Å². The van der Waals surface area contributed by atoms with Crippen molar-refractivity contribution in [3.63, 3.8) is 0 Å². The van der Waals surface area contributed by atoms with E-state index < -0.39 is 0 Å². The van der Waals surface area contributed by atoms with E-state index in [0.29, 0.717) is 17.3 Å². The Morgan fingerprint density at radius 3 is 2.93 bits per heavy atom. The van der Waals surface area contributed by atoms with E-state index in [-0.39, 0.29) is 0 Å². The van der Waals surface area contributed by atoms with Crippen molar-refractivity contribution in [2.75, 3.05) is 5.73 Å². The topological polar surface area (TPSA) is 82.8 Å². The standard InChI is InChI=1S/C8H11N5O/c1-3-13-7(6(9)5(2)12-13)8-11-10-4-14-8/h4H,3,9H2,1-2H3. The van der Waals surface area contributed by atoms with E-state index >= 15 is 0 Å². The molecule has 0 radical (unpaired) electrons. The van der Waals surface area contributed by atoms with Crippen LogP contribution in [0.3, 0.4) is 0 Å². The van der Waals surface area contributed by atoms with Crippen molar-refractivity contribution in [3.8, 4) is 11.6 Å². The van der Waals surface area contributed by atoms with Gasteiger partial charge >= 0.3 is 0 Å². The van der Waals surface area contributed by atoms with Gasteiger partial charge in [-0.05, 0) is 13.8 Å². The predicted molar refractivity (Wildman–Crippen MR) is 50.3 cm³/mol. The minimum absolute atomic E-state index is 0.407. The van der Waals surface area contributed by atoms with Crippen LogP contribution in [-0.4, -0.2) is 20.0 Å². The maximum Gasteiger partial charge on any atom is 0.267 e. The lowest BCUT2D eigenvalue weighted by Gasteiger charge is -1.99. The van der Waals surface area contributed by atoms with E-state index in [2.05, 4.69) is 15.3 Å². The van der Waals surface area contributed by atoms with E-state index in [0.717, 1.165) is 12.2 Å². The molecule has 0 bridgehead atoms. The number of rotatable bonds is 2. The third-order valence-electron chi connectivity index (χ3n) is 2.04. The third kappa shape index (κ3) is 1.15. The molecule has 0 saturated heterocycles. The van der Waals surface area contributed by atoms with Gasteiger partial charge in [0.1, 0.15) is 5.69 Å². The van der Waals surface area contributed by atoms with Crippen molar-refractivity contribution < 1.29 is 4.42 Å². The van der Waals surface area contributed by atoms with Crippen molar-refractivity contribution in [3.05, 3.63) is 12.1 Å². The maximum atomic E-state index is 5.86. The number of aromatic nitrogens is 4. The number of aryl methyl sites for hydroxylation is 2. The summed E-state index contributed by atoms with van der Waals surface area (Å²) >= 11 is 0. The van der Waals surface area contributed by atoms with Crippen LogP contribution in [0.1, 0.15) is 12.6 Å². The number of anilines is 1. The van der Waals surface area contributed by atoms with Gasteiger partial charge in [0, 0.05) is 6.54 Å². The third-order valence-corrected chi connectivity index (χ3v) is 2.04. The molecule has 0 unspecified atom stereocenters. The molecule has 0 aliphatic carbocycles. The largest absolute Gasteiger partial charge is 0.422 e. The fraction of sp³-hybridized carbons (Fsp3) is 0.375. The fourth-order valence-corrected chi connectivity index (χ4v) is 1.33. The Hall–Kier alpha value is -1.85. The van der Waals surface area contributed by atoms with Gasteiger partial charge in [-0.2, -0.15) is 5.10 Å². The second-order valence-electron chi connectivity index (χ2n) is 2.91. The zero-order valence-corrected chi connectivity index (χ0v) is 8.06. The Morgan fingerprint density at radius 2 is 2.36 bits per heavy atom. The van der Waals surface area contributed by atoms with Crippen molar-refractivity contribution in [1.29, 1.82) is 0 Å². The molecule has 14 heavy (non-hydrogen) atoms. The summed E-state index contributed by atoms with van der Waals surface area (Å²) in [5.41, 5.74) is 7.93. The Bertz CT molecular complexity index is 431. The zero-order valence-electron chi connectivity index (χ0n) is 8.06. The number of hydrogen-bond acceptors (Lipinski definition) is 5. The molecule has 2 aromatic heterocycles. The quantitative estimate of drug-likeness (QED) is 0.764. The van der Waals surface area contributed by atoms with Crippen LogP contribution in [0, 0.1) is 6.92 Å². The Balaban J connectivity index is 2.61. The number of hydrogen-bond donors (Lipinski definition) is 1. The lowest BCUT2D eigenvalue weighted by molar-refractivity contribution is 0.553. The summed E-state index contributed by atoms with van der Waals surface area (Å²) in [6.45, 7) is 4.54. The zero-order chi connectivity index (χ0) is 10.1. The summed E-state index contributed by atoms with van der Waals surface area (Å²) in [6, 6.07) is 0. The highest BCUT2D eigenvalue weighted by Gasteiger charge is 2.17. The lowest BCUT2D eigenvalue weighted by atomic mass is 10.3. The first kappa shape index (κ1) is 8.74. The Morgan fingerprint density at radius 1 is 1.57 bits per heavy atom. The average Bonchev–Trinajstić information content (AvgIpc) is 2.76. The molecule has 74 valence electrons. The smallest absolute Gasteiger partial charge is 0.267 e. The Labute approximate surface area is 80.7 Å². The van der Waals surface area contributed by atoms with E-state index in [1.807, 2.05) is 13.8 Å². The second kappa shape index (κ2) is 3.13. The van der Waals surface area contributed by atoms with Crippen molar-refractivity contribution >= 4 is 5.69 Å². The molecular weight excluding hydrogens is 182 g/mol. The summed E-state index contributed by atoms with van der Waals surface area (Å²) in [7, 11) is 0. The van der Waals surface area contributed by atoms with Gasteiger partial charge in [0.2, 0.25) is 6.39 Å². The molecule has 0 aliphatic heterocycles. The summed E-state index contributed by atoms with van der Waals surface area (Å²) in [5.74, 6) is 0.407. The van der Waals surface area contributed by atoms with E-state index in [1.165, 1.54) is 6.39 Å². The van der Waals surface area contributed by atoms with Crippen molar-refractivity contribution in [2.24, 2.45) is 0 Å². The molecule has 2 rings (SSSR count). The molecule has 0 saturated carbocycles. The summed E-state index contributed by atoms with van der Waals surface area (Å²) in [4.78, 5) is 0. The van der Waals surface area contributed by atoms with Crippen LogP contribution in [0.15, 0.2) is 10.8 Å². The first-order valence-corrected chi connectivity index (χ1v) is 4.33. The van der Waals surface area contributed by atoms with Crippen LogP contribution < -0.4 is 5.73 Å². The molecular formula is C8H11N5O. The molecule has 0 atom stereocenters. The average molecular weight is 193 g/mol. The summed E-state index contributed by atoms with van der Waals surface area (Å²) in [5, 5.41) is 11.7. The first-order chi connectivity index (χ1) is 6.74. The van der Waals surface area contributed by atoms with Gasteiger partial charge in [0.05, 0.1) is 11.4 Å². The van der Waals surface area contributed by atoms with Gasteiger partial charge in [-0.3, -0.25) is 4.68 Å². The van der Waals surface area contributed by atoms with E-state index in [4.69, 9.17) is 10.2 Å². The summed E-state index contributed by atoms with van der Waals surface area (Å²) < 4.78 is 6.84. The van der Waals surface area contributed by atoms with Crippen molar-refractivity contribution in [1.82, 2.24) is 20.0 Å². The fourth-order valence-electron chi connectivity index (χ4n) is 1.33. The number of nitrogens with zero attached hydrogens (tertiary/aromatic N) is 4. The molecule has 0 spiro atoms. The maximum absolute atomic E-state index is 5.86. The molecule has 0 fully saturated rings. The molecule has 6 nitrogen and oxygen atoms in total. The van der Waals surface area contributed by atoms with Gasteiger partial charge in [0.15, 0.2) is 0 Å². The SMILES string of the molecule is CCn1nc(C)c(N)c1-c1nnco1. The number of nitrogens with two attached hydrogens (primary N) is 1. The predicted octanol–water partition coefficient (Wildman–Crippen LogP) is 0.844. The molecule has 0 amide bonds. The molecule has 6 heteroatoms. The molecule has 2 aromatic rings. The monoisotopic (exact) mass is 193 g/mol. The normalized spacial score (nSPS) is 10.7. The van der Waals surface area contributed by atoms with Gasteiger partial charge in [0.25, 0.3) is 5.89 Å². The lowest BCUT2D eigenvalue weighted by Crippen LogP contribution is -2.00. The Kier molecular flexibility index (Phi) is 1.95. The minimum Gasteiger partial charge on any atom is -0.422 e. The van der Waals surface area contributed by atoms with Gasteiger partial charge < -0.3 is 10.2 Å². The molecule has 2 N–H and O–H groups in total. The van der Waals surface area contributed by atoms with Gasteiger partial charge in [-0.15, -0.1) is 10.2 Å². The highest BCUT2D eigenvalue weighted by Crippen LogP contribution is 2.26.